The van der Waals surface area contributed by atoms with Crippen molar-refractivity contribution in [3.8, 4) is 0 Å². The van der Waals surface area contributed by atoms with Gasteiger partial charge in [-0.15, -0.1) is 0 Å². The van der Waals surface area contributed by atoms with Crippen molar-refractivity contribution in [1.29, 1.82) is 0 Å². The lowest BCUT2D eigenvalue weighted by molar-refractivity contribution is 0.546. The third-order valence-electron chi connectivity index (χ3n) is 3.41. The van der Waals surface area contributed by atoms with Gasteiger partial charge in [-0.05, 0) is 60.8 Å². The molecule has 2 aromatic rings. The fourth-order valence-electron chi connectivity index (χ4n) is 2.34. The van der Waals surface area contributed by atoms with Crippen LogP contribution in [-0.4, -0.2) is 6.54 Å². The molecule has 0 bridgehead atoms. The van der Waals surface area contributed by atoms with Crippen molar-refractivity contribution < 1.29 is 4.39 Å². The van der Waals surface area contributed by atoms with Crippen molar-refractivity contribution in [2.45, 2.75) is 26.3 Å². The monoisotopic (exact) mass is 413 g/mol. The second-order valence-corrected chi connectivity index (χ2v) is 6.87. The number of hydrogen-bond donors (Lipinski definition) is 1. The third kappa shape index (κ3) is 4.63. The highest BCUT2D eigenvalue weighted by atomic mass is 79.9. The molecule has 0 saturated carbocycles. The van der Waals surface area contributed by atoms with E-state index in [-0.39, 0.29) is 11.9 Å². The molecule has 0 aliphatic carbocycles. The maximum Gasteiger partial charge on any atom is 0.124 e. The lowest BCUT2D eigenvalue weighted by Crippen LogP contribution is -2.23. The summed E-state index contributed by atoms with van der Waals surface area (Å²) in [5.74, 6) is -0.209. The smallest absolute Gasteiger partial charge is 0.124 e. The van der Waals surface area contributed by atoms with E-state index in [2.05, 4.69) is 69.2 Å². The van der Waals surface area contributed by atoms with Gasteiger partial charge in [-0.1, -0.05) is 50.9 Å². The highest BCUT2D eigenvalue weighted by Gasteiger charge is 2.13. The van der Waals surface area contributed by atoms with E-state index in [4.69, 9.17) is 0 Å². The Bertz CT molecular complexity index is 608. The number of benzene rings is 2. The van der Waals surface area contributed by atoms with Gasteiger partial charge in [0.2, 0.25) is 0 Å². The summed E-state index contributed by atoms with van der Waals surface area (Å²) in [4.78, 5) is 0. The standard InChI is InChI=1S/C17H18Br2FN/c1-3-21-17(13-5-4-11(2)16(19)9-13)8-12-6-14(18)10-15(20)7-12/h4-7,9-10,17,21H,3,8H2,1-2H3. The van der Waals surface area contributed by atoms with Crippen LogP contribution in [0.4, 0.5) is 4.39 Å². The molecule has 0 aliphatic heterocycles. The molecule has 0 spiro atoms. The summed E-state index contributed by atoms with van der Waals surface area (Å²) in [5.41, 5.74) is 3.39. The van der Waals surface area contributed by atoms with Crippen LogP contribution in [0.25, 0.3) is 0 Å². The second kappa shape index (κ2) is 7.52. The van der Waals surface area contributed by atoms with Gasteiger partial charge in [-0.25, -0.2) is 4.39 Å². The Balaban J connectivity index is 2.27. The fraction of sp³-hybridized carbons (Fsp3) is 0.294. The van der Waals surface area contributed by atoms with Crippen LogP contribution in [0.3, 0.4) is 0 Å². The second-order valence-electron chi connectivity index (χ2n) is 5.10. The molecule has 112 valence electrons. The normalized spacial score (nSPS) is 12.4. The van der Waals surface area contributed by atoms with Crippen LogP contribution in [0, 0.1) is 12.7 Å². The van der Waals surface area contributed by atoms with Gasteiger partial charge in [0.25, 0.3) is 0 Å². The van der Waals surface area contributed by atoms with E-state index in [0.717, 1.165) is 27.5 Å². The van der Waals surface area contributed by atoms with Crippen LogP contribution in [0.5, 0.6) is 0 Å². The van der Waals surface area contributed by atoms with Gasteiger partial charge in [0.1, 0.15) is 5.82 Å². The zero-order valence-corrected chi connectivity index (χ0v) is 15.3. The number of nitrogens with one attached hydrogen (secondary N) is 1. The van der Waals surface area contributed by atoms with Gasteiger partial charge in [0.15, 0.2) is 0 Å². The summed E-state index contributed by atoms with van der Waals surface area (Å²) in [5, 5.41) is 3.47. The van der Waals surface area contributed by atoms with E-state index in [1.165, 1.54) is 17.2 Å². The van der Waals surface area contributed by atoms with Gasteiger partial charge in [0, 0.05) is 15.0 Å². The first-order chi connectivity index (χ1) is 9.99. The minimum Gasteiger partial charge on any atom is -0.310 e. The summed E-state index contributed by atoms with van der Waals surface area (Å²) in [6, 6.07) is 11.6. The summed E-state index contributed by atoms with van der Waals surface area (Å²) in [7, 11) is 0. The van der Waals surface area contributed by atoms with Crippen LogP contribution in [0.1, 0.15) is 29.7 Å². The molecule has 1 nitrogen and oxygen atoms in total. The number of likely N-dealkylation sites (N-methyl/N-ethyl adjacent to an activating group) is 1. The van der Waals surface area contributed by atoms with E-state index >= 15 is 0 Å². The molecule has 1 atom stereocenters. The first-order valence-corrected chi connectivity index (χ1v) is 8.52. The molecule has 0 aliphatic rings. The van der Waals surface area contributed by atoms with Crippen LogP contribution < -0.4 is 5.32 Å². The molecule has 0 radical (unpaired) electrons. The molecule has 0 aromatic heterocycles. The fourth-order valence-corrected chi connectivity index (χ4v) is 3.25. The molecule has 1 N–H and O–H groups in total. The van der Waals surface area contributed by atoms with Crippen molar-refractivity contribution >= 4 is 31.9 Å². The lowest BCUT2D eigenvalue weighted by Gasteiger charge is -2.19. The predicted octanol–water partition coefficient (Wildman–Crippen LogP) is 5.55. The van der Waals surface area contributed by atoms with Crippen LogP contribution in [-0.2, 0) is 6.42 Å². The Morgan fingerprint density at radius 3 is 2.52 bits per heavy atom. The molecular formula is C17H18Br2FN. The minimum absolute atomic E-state index is 0.167. The average molecular weight is 415 g/mol. The largest absolute Gasteiger partial charge is 0.310 e. The topological polar surface area (TPSA) is 12.0 Å². The zero-order valence-electron chi connectivity index (χ0n) is 12.1. The predicted molar refractivity (Wildman–Crippen MR) is 93.1 cm³/mol. The van der Waals surface area contributed by atoms with Crippen LogP contribution in [0.15, 0.2) is 45.3 Å². The maximum atomic E-state index is 13.5. The molecule has 4 heteroatoms. The van der Waals surface area contributed by atoms with E-state index in [1.54, 1.807) is 6.07 Å². The highest BCUT2D eigenvalue weighted by molar-refractivity contribution is 9.10. The van der Waals surface area contributed by atoms with Crippen molar-refractivity contribution in [3.05, 3.63) is 67.9 Å². The maximum absolute atomic E-state index is 13.5. The minimum atomic E-state index is -0.209. The van der Waals surface area contributed by atoms with Gasteiger partial charge < -0.3 is 5.32 Å². The van der Waals surface area contributed by atoms with E-state index in [0.29, 0.717) is 0 Å². The van der Waals surface area contributed by atoms with Crippen LogP contribution >= 0.6 is 31.9 Å². The number of halogens is 3. The Morgan fingerprint density at radius 1 is 1.14 bits per heavy atom. The summed E-state index contributed by atoms with van der Waals surface area (Å²) >= 11 is 6.93. The lowest BCUT2D eigenvalue weighted by atomic mass is 9.98. The van der Waals surface area contributed by atoms with Crippen molar-refractivity contribution in [1.82, 2.24) is 5.32 Å². The van der Waals surface area contributed by atoms with E-state index < -0.39 is 0 Å². The van der Waals surface area contributed by atoms with Gasteiger partial charge in [-0.3, -0.25) is 0 Å². The molecule has 21 heavy (non-hydrogen) atoms. The SMILES string of the molecule is CCNC(Cc1cc(F)cc(Br)c1)c1ccc(C)c(Br)c1. The Morgan fingerprint density at radius 2 is 1.90 bits per heavy atom. The molecule has 0 amide bonds. The molecule has 2 aromatic carbocycles. The summed E-state index contributed by atoms with van der Waals surface area (Å²) in [6.07, 6.45) is 0.750. The molecule has 0 heterocycles. The van der Waals surface area contributed by atoms with Gasteiger partial charge >= 0.3 is 0 Å². The first-order valence-electron chi connectivity index (χ1n) is 6.94. The third-order valence-corrected chi connectivity index (χ3v) is 4.72. The van der Waals surface area contributed by atoms with Crippen LogP contribution in [0.2, 0.25) is 0 Å². The molecular weight excluding hydrogens is 397 g/mol. The molecule has 1 unspecified atom stereocenters. The summed E-state index contributed by atoms with van der Waals surface area (Å²) < 4.78 is 15.4. The first kappa shape index (κ1) is 16.7. The zero-order chi connectivity index (χ0) is 15.4. The number of rotatable bonds is 5. The Kier molecular flexibility index (Phi) is 5.97. The van der Waals surface area contributed by atoms with Gasteiger partial charge in [0.05, 0.1) is 0 Å². The van der Waals surface area contributed by atoms with E-state index in [1.807, 2.05) is 6.07 Å². The molecule has 0 fully saturated rings. The number of hydrogen-bond acceptors (Lipinski definition) is 1. The van der Waals surface area contributed by atoms with Crippen molar-refractivity contribution in [2.75, 3.05) is 6.54 Å². The van der Waals surface area contributed by atoms with Gasteiger partial charge in [-0.2, -0.15) is 0 Å². The summed E-state index contributed by atoms with van der Waals surface area (Å²) in [6.45, 7) is 5.02. The number of aryl methyl sites for hydroxylation is 1. The van der Waals surface area contributed by atoms with E-state index in [9.17, 15) is 4.39 Å². The highest BCUT2D eigenvalue weighted by Crippen LogP contribution is 2.25. The molecule has 0 saturated heterocycles. The van der Waals surface area contributed by atoms with Crippen molar-refractivity contribution in [3.63, 3.8) is 0 Å². The quantitative estimate of drug-likeness (QED) is 0.675. The Hall–Kier alpha value is -0.710. The average Bonchev–Trinajstić information content (AvgIpc) is 2.40. The van der Waals surface area contributed by atoms with Crippen molar-refractivity contribution in [2.24, 2.45) is 0 Å². The Labute approximate surface area is 142 Å². The molecule has 2 rings (SSSR count).